The summed E-state index contributed by atoms with van der Waals surface area (Å²) in [7, 11) is 0. The summed E-state index contributed by atoms with van der Waals surface area (Å²) in [4.78, 5) is 11.2. The first kappa shape index (κ1) is 10.7. The highest BCUT2D eigenvalue weighted by Gasteiger charge is 2.03. The third kappa shape index (κ3) is 2.83. The number of amides is 1. The number of aliphatic hydroxyl groups excluding tert-OH is 1. The summed E-state index contributed by atoms with van der Waals surface area (Å²) >= 11 is 0. The molecule has 1 aromatic rings. The molecule has 4 N–H and O–H groups in total. The second-order valence-electron chi connectivity index (χ2n) is 2.88. The smallest absolute Gasteiger partial charge is 0.226 e. The average Bonchev–Trinajstić information content (AvgIpc) is 2.19. The van der Waals surface area contributed by atoms with Crippen molar-refractivity contribution in [3.05, 3.63) is 29.8 Å². The van der Waals surface area contributed by atoms with Crippen molar-refractivity contribution < 1.29 is 9.90 Å². The van der Waals surface area contributed by atoms with Gasteiger partial charge in [0.2, 0.25) is 5.91 Å². The second-order valence-corrected chi connectivity index (χ2v) is 2.88. The molecule has 1 amide bonds. The largest absolute Gasteiger partial charge is 0.396 e. The number of carbonyl (C=O) groups excluding carboxylic acids is 1. The number of nitrogens with one attached hydrogen (secondary N) is 1. The molecule has 76 valence electrons. The summed E-state index contributed by atoms with van der Waals surface area (Å²) in [6, 6.07) is 7.34. The van der Waals surface area contributed by atoms with Crippen LogP contribution in [0, 0.1) is 0 Å². The van der Waals surface area contributed by atoms with E-state index in [1.54, 1.807) is 6.07 Å². The fraction of sp³-hybridized carbons (Fsp3) is 0.300. The number of aliphatic hydroxyl groups is 1. The number of anilines is 1. The molecule has 1 aromatic carbocycles. The minimum Gasteiger partial charge on any atom is -0.396 e. The summed E-state index contributed by atoms with van der Waals surface area (Å²) in [5.74, 6) is -0.201. The van der Waals surface area contributed by atoms with E-state index in [0.717, 1.165) is 5.56 Å². The van der Waals surface area contributed by atoms with Crippen LogP contribution < -0.4 is 11.1 Å². The molecule has 0 saturated carbocycles. The number of rotatable bonds is 4. The summed E-state index contributed by atoms with van der Waals surface area (Å²) in [5, 5.41) is 11.2. The summed E-state index contributed by atoms with van der Waals surface area (Å²) < 4.78 is 0. The van der Waals surface area contributed by atoms with Gasteiger partial charge in [0.1, 0.15) is 0 Å². The Balaban J connectivity index is 2.70. The quantitative estimate of drug-likeness (QED) is 0.652. The van der Waals surface area contributed by atoms with E-state index in [0.29, 0.717) is 12.2 Å². The molecule has 1 rings (SSSR count). The van der Waals surface area contributed by atoms with Gasteiger partial charge in [-0.05, 0) is 11.6 Å². The Labute approximate surface area is 82.7 Å². The van der Waals surface area contributed by atoms with Crippen LogP contribution in [-0.2, 0) is 11.3 Å². The molecule has 0 fully saturated rings. The maximum Gasteiger partial charge on any atom is 0.226 e. The summed E-state index contributed by atoms with van der Waals surface area (Å²) in [5.41, 5.74) is 7.10. The predicted octanol–water partition coefficient (Wildman–Crippen LogP) is 0.466. The first-order valence-electron chi connectivity index (χ1n) is 4.46. The van der Waals surface area contributed by atoms with Gasteiger partial charge in [-0.3, -0.25) is 4.79 Å². The SMILES string of the molecule is NCc1ccccc1NC(=O)CCO. The van der Waals surface area contributed by atoms with E-state index >= 15 is 0 Å². The molecule has 0 bridgehead atoms. The minimum atomic E-state index is -0.201. The van der Waals surface area contributed by atoms with E-state index in [4.69, 9.17) is 10.8 Å². The molecule has 0 unspecified atom stereocenters. The molecular formula is C10H14N2O2. The lowest BCUT2D eigenvalue weighted by Gasteiger charge is -2.08. The zero-order valence-corrected chi connectivity index (χ0v) is 7.86. The van der Waals surface area contributed by atoms with E-state index in [-0.39, 0.29) is 18.9 Å². The van der Waals surface area contributed by atoms with Crippen molar-refractivity contribution in [2.24, 2.45) is 5.73 Å². The van der Waals surface area contributed by atoms with Gasteiger partial charge >= 0.3 is 0 Å². The molecule has 0 radical (unpaired) electrons. The molecule has 0 aliphatic carbocycles. The molecule has 0 saturated heterocycles. The number of hydrogen-bond donors (Lipinski definition) is 3. The zero-order chi connectivity index (χ0) is 10.4. The standard InChI is InChI=1S/C10H14N2O2/c11-7-8-3-1-2-4-9(8)12-10(14)5-6-13/h1-4,13H,5-7,11H2,(H,12,14). The molecule has 0 spiro atoms. The van der Waals surface area contributed by atoms with Gasteiger partial charge in [-0.15, -0.1) is 0 Å². The van der Waals surface area contributed by atoms with Crippen molar-refractivity contribution in [1.82, 2.24) is 0 Å². The van der Waals surface area contributed by atoms with E-state index in [2.05, 4.69) is 5.32 Å². The fourth-order valence-corrected chi connectivity index (χ4v) is 1.13. The fourth-order valence-electron chi connectivity index (χ4n) is 1.13. The van der Waals surface area contributed by atoms with Crippen molar-refractivity contribution in [3.63, 3.8) is 0 Å². The molecular weight excluding hydrogens is 180 g/mol. The molecule has 4 nitrogen and oxygen atoms in total. The normalized spacial score (nSPS) is 9.86. The molecule has 0 atom stereocenters. The van der Waals surface area contributed by atoms with Crippen LogP contribution in [0.15, 0.2) is 24.3 Å². The van der Waals surface area contributed by atoms with Crippen LogP contribution in [0.2, 0.25) is 0 Å². The van der Waals surface area contributed by atoms with E-state index < -0.39 is 0 Å². The highest BCUT2D eigenvalue weighted by Crippen LogP contribution is 2.13. The Morgan fingerprint density at radius 2 is 2.14 bits per heavy atom. The lowest BCUT2D eigenvalue weighted by molar-refractivity contribution is -0.116. The van der Waals surface area contributed by atoms with Gasteiger partial charge < -0.3 is 16.2 Å². The zero-order valence-electron chi connectivity index (χ0n) is 7.86. The Morgan fingerprint density at radius 3 is 2.79 bits per heavy atom. The molecule has 0 heterocycles. The van der Waals surface area contributed by atoms with Crippen molar-refractivity contribution in [1.29, 1.82) is 0 Å². The molecule has 0 aliphatic rings. The minimum absolute atomic E-state index is 0.110. The molecule has 0 aromatic heterocycles. The molecule has 0 aliphatic heterocycles. The molecule has 14 heavy (non-hydrogen) atoms. The van der Waals surface area contributed by atoms with Crippen LogP contribution in [0.4, 0.5) is 5.69 Å². The van der Waals surface area contributed by atoms with Gasteiger partial charge in [-0.2, -0.15) is 0 Å². The van der Waals surface area contributed by atoms with Crippen LogP contribution in [0.5, 0.6) is 0 Å². The van der Waals surface area contributed by atoms with Crippen molar-refractivity contribution >= 4 is 11.6 Å². The van der Waals surface area contributed by atoms with Gasteiger partial charge in [0.15, 0.2) is 0 Å². The average molecular weight is 194 g/mol. The van der Waals surface area contributed by atoms with Crippen LogP contribution >= 0.6 is 0 Å². The van der Waals surface area contributed by atoms with Crippen molar-refractivity contribution in [2.45, 2.75) is 13.0 Å². The summed E-state index contributed by atoms with van der Waals surface area (Å²) in [6.07, 6.45) is 0.110. The van der Waals surface area contributed by atoms with E-state index in [1.807, 2.05) is 18.2 Å². The van der Waals surface area contributed by atoms with Gasteiger partial charge in [0.25, 0.3) is 0 Å². The Hall–Kier alpha value is -1.39. The first-order valence-corrected chi connectivity index (χ1v) is 4.46. The van der Waals surface area contributed by atoms with Gasteiger partial charge in [0, 0.05) is 12.2 Å². The van der Waals surface area contributed by atoms with Gasteiger partial charge in [-0.25, -0.2) is 0 Å². The number of hydrogen-bond acceptors (Lipinski definition) is 3. The predicted molar refractivity (Wildman–Crippen MR) is 54.7 cm³/mol. The van der Waals surface area contributed by atoms with Crippen molar-refractivity contribution in [3.8, 4) is 0 Å². The Bertz CT molecular complexity index is 313. The third-order valence-electron chi connectivity index (χ3n) is 1.85. The number of benzene rings is 1. The third-order valence-corrected chi connectivity index (χ3v) is 1.85. The Morgan fingerprint density at radius 1 is 1.43 bits per heavy atom. The number of carbonyl (C=O) groups is 1. The number of nitrogens with two attached hydrogens (primary N) is 1. The maximum atomic E-state index is 11.2. The lowest BCUT2D eigenvalue weighted by atomic mass is 10.2. The summed E-state index contributed by atoms with van der Waals surface area (Å²) in [6.45, 7) is 0.242. The monoisotopic (exact) mass is 194 g/mol. The van der Waals surface area contributed by atoms with Crippen LogP contribution in [0.3, 0.4) is 0 Å². The maximum absolute atomic E-state index is 11.2. The van der Waals surface area contributed by atoms with E-state index in [9.17, 15) is 4.79 Å². The second kappa shape index (κ2) is 5.36. The highest BCUT2D eigenvalue weighted by atomic mass is 16.3. The van der Waals surface area contributed by atoms with Crippen LogP contribution in [-0.4, -0.2) is 17.6 Å². The highest BCUT2D eigenvalue weighted by molar-refractivity contribution is 5.91. The van der Waals surface area contributed by atoms with Crippen LogP contribution in [0.25, 0.3) is 0 Å². The molecule has 4 heteroatoms. The topological polar surface area (TPSA) is 75.3 Å². The first-order chi connectivity index (χ1) is 6.77. The van der Waals surface area contributed by atoms with E-state index in [1.165, 1.54) is 0 Å². The van der Waals surface area contributed by atoms with Gasteiger partial charge in [0.05, 0.1) is 13.0 Å². The van der Waals surface area contributed by atoms with Crippen LogP contribution in [0.1, 0.15) is 12.0 Å². The lowest BCUT2D eigenvalue weighted by Crippen LogP contribution is -2.14. The Kier molecular flexibility index (Phi) is 4.10. The van der Waals surface area contributed by atoms with Crippen molar-refractivity contribution in [2.75, 3.05) is 11.9 Å². The van der Waals surface area contributed by atoms with Gasteiger partial charge in [-0.1, -0.05) is 18.2 Å². The number of para-hydroxylation sites is 1.